The minimum atomic E-state index is -4.11. The average molecular weight is 304 g/mol. The highest BCUT2D eigenvalue weighted by Crippen LogP contribution is 2.29. The van der Waals surface area contributed by atoms with Crippen LogP contribution in [0.2, 0.25) is 0 Å². The molecule has 20 heavy (non-hydrogen) atoms. The van der Waals surface area contributed by atoms with Gasteiger partial charge in [0, 0.05) is 13.1 Å². The van der Waals surface area contributed by atoms with E-state index in [1.165, 1.54) is 0 Å². The monoisotopic (exact) mass is 304 g/mol. The first-order chi connectivity index (χ1) is 9.20. The maximum Gasteiger partial charge on any atom is 0.318 e. The number of likely N-dealkylation sites (N-methyl/N-ethyl adjacent to an activating group) is 1. The fourth-order valence-corrected chi connectivity index (χ4v) is 2.68. The van der Waals surface area contributed by atoms with Gasteiger partial charge in [-0.1, -0.05) is 0 Å². The molecule has 10 heteroatoms. The van der Waals surface area contributed by atoms with Gasteiger partial charge in [0.2, 0.25) is 10.0 Å². The fraction of sp³-hybridized carbons (Fsp3) is 0.300. The Bertz CT molecular complexity index is 641. The number of carboxylic acids is 1. The fourth-order valence-electron chi connectivity index (χ4n) is 1.43. The number of hydrogen-bond donors (Lipinski definition) is 1. The quantitative estimate of drug-likeness (QED) is 0.591. The smallest absolute Gasteiger partial charge is 0.318 e. The van der Waals surface area contributed by atoms with Gasteiger partial charge < -0.3 is 9.84 Å². The normalized spacial score (nSPS) is 11.3. The lowest BCUT2D eigenvalue weighted by atomic mass is 10.3. The minimum Gasteiger partial charge on any atom is -0.495 e. The molecule has 0 amide bonds. The number of carboxylic acid groups (broad SMARTS) is 1. The number of rotatable bonds is 6. The van der Waals surface area contributed by atoms with Crippen molar-refractivity contribution in [3.63, 3.8) is 0 Å². The zero-order valence-electron chi connectivity index (χ0n) is 10.6. The molecule has 0 saturated heterocycles. The number of nitro benzene ring substituents is 1. The number of aliphatic carboxylic acids is 1. The van der Waals surface area contributed by atoms with E-state index < -0.39 is 27.5 Å². The van der Waals surface area contributed by atoms with Gasteiger partial charge in [-0.05, 0) is 6.07 Å². The molecule has 1 N–H and O–H groups in total. The molecule has 0 spiro atoms. The van der Waals surface area contributed by atoms with Crippen molar-refractivity contribution < 1.29 is 28.0 Å². The Kier molecular flexibility index (Phi) is 4.63. The van der Waals surface area contributed by atoms with E-state index in [1.54, 1.807) is 0 Å². The van der Waals surface area contributed by atoms with Gasteiger partial charge in [-0.2, -0.15) is 4.31 Å². The zero-order valence-corrected chi connectivity index (χ0v) is 11.5. The summed E-state index contributed by atoms with van der Waals surface area (Å²) in [6.07, 6.45) is 0. The van der Waals surface area contributed by atoms with Crippen LogP contribution in [0.4, 0.5) is 5.69 Å². The van der Waals surface area contributed by atoms with Crippen molar-refractivity contribution in [1.82, 2.24) is 4.31 Å². The summed E-state index contributed by atoms with van der Waals surface area (Å²) in [6.45, 7) is -0.734. The Morgan fingerprint density at radius 1 is 1.50 bits per heavy atom. The first-order valence-corrected chi connectivity index (χ1v) is 6.64. The van der Waals surface area contributed by atoms with Gasteiger partial charge in [-0.25, -0.2) is 8.42 Å². The first kappa shape index (κ1) is 15.9. The number of ether oxygens (including phenoxy) is 1. The molecule has 0 saturated carbocycles. The van der Waals surface area contributed by atoms with E-state index in [1.807, 2.05) is 0 Å². The standard InChI is InChI=1S/C10H12N2O7S/c1-11(6-10(13)14)20(17,18)9-4-3-7(12(15)16)5-8(9)19-2/h3-5H,6H2,1-2H3,(H,13,14). The Balaban J connectivity index is 3.31. The second-order valence-corrected chi connectivity index (χ2v) is 5.76. The molecule has 0 aliphatic rings. The van der Waals surface area contributed by atoms with Crippen LogP contribution in [-0.4, -0.2) is 49.4 Å². The Hall–Kier alpha value is -2.20. The van der Waals surface area contributed by atoms with Gasteiger partial charge in [-0.15, -0.1) is 0 Å². The van der Waals surface area contributed by atoms with Gasteiger partial charge in [-0.3, -0.25) is 14.9 Å². The van der Waals surface area contributed by atoms with E-state index in [2.05, 4.69) is 0 Å². The molecule has 1 rings (SSSR count). The third-order valence-corrected chi connectivity index (χ3v) is 4.25. The van der Waals surface area contributed by atoms with Crippen LogP contribution in [0.5, 0.6) is 5.75 Å². The molecule has 0 atom stereocenters. The molecule has 0 bridgehead atoms. The van der Waals surface area contributed by atoms with Crippen molar-refractivity contribution in [1.29, 1.82) is 0 Å². The van der Waals surface area contributed by atoms with Gasteiger partial charge >= 0.3 is 5.97 Å². The second kappa shape index (κ2) is 5.84. The summed E-state index contributed by atoms with van der Waals surface area (Å²) < 4.78 is 29.7. The third kappa shape index (κ3) is 3.22. The molecule has 0 aliphatic heterocycles. The molecule has 1 aromatic rings. The molecule has 0 unspecified atom stereocenters. The van der Waals surface area contributed by atoms with Gasteiger partial charge in [0.1, 0.15) is 17.2 Å². The van der Waals surface area contributed by atoms with Crippen LogP contribution in [0.25, 0.3) is 0 Å². The number of benzene rings is 1. The average Bonchev–Trinajstić information content (AvgIpc) is 2.36. The lowest BCUT2D eigenvalue weighted by Crippen LogP contribution is -2.32. The van der Waals surface area contributed by atoms with Crippen LogP contribution in [0.15, 0.2) is 23.1 Å². The highest BCUT2D eigenvalue weighted by Gasteiger charge is 2.27. The second-order valence-electron chi connectivity index (χ2n) is 3.75. The number of methoxy groups -OCH3 is 1. The summed E-state index contributed by atoms with van der Waals surface area (Å²) in [4.78, 5) is 20.1. The topological polar surface area (TPSA) is 127 Å². The number of nitrogens with zero attached hydrogens (tertiary/aromatic N) is 2. The van der Waals surface area contributed by atoms with Crippen molar-refractivity contribution in [2.75, 3.05) is 20.7 Å². The Morgan fingerprint density at radius 3 is 2.55 bits per heavy atom. The minimum absolute atomic E-state index is 0.226. The first-order valence-electron chi connectivity index (χ1n) is 5.20. The number of nitro groups is 1. The summed E-state index contributed by atoms with van der Waals surface area (Å²) >= 11 is 0. The third-order valence-electron chi connectivity index (χ3n) is 2.40. The molecular formula is C10H12N2O7S. The van der Waals surface area contributed by atoms with E-state index in [-0.39, 0.29) is 16.3 Å². The van der Waals surface area contributed by atoms with E-state index in [4.69, 9.17) is 9.84 Å². The molecule has 0 radical (unpaired) electrons. The van der Waals surface area contributed by atoms with Crippen LogP contribution < -0.4 is 4.74 Å². The van der Waals surface area contributed by atoms with Gasteiger partial charge in [0.25, 0.3) is 5.69 Å². The van der Waals surface area contributed by atoms with Crippen LogP contribution in [-0.2, 0) is 14.8 Å². The number of sulfonamides is 1. The van der Waals surface area contributed by atoms with Crippen LogP contribution >= 0.6 is 0 Å². The largest absolute Gasteiger partial charge is 0.495 e. The lowest BCUT2D eigenvalue weighted by Gasteiger charge is -2.16. The molecule has 0 fully saturated rings. The highest BCUT2D eigenvalue weighted by molar-refractivity contribution is 7.89. The van der Waals surface area contributed by atoms with Gasteiger partial charge in [0.05, 0.1) is 18.1 Å². The Morgan fingerprint density at radius 2 is 2.10 bits per heavy atom. The summed E-state index contributed by atoms with van der Waals surface area (Å²) in [5.74, 6) is -1.55. The van der Waals surface area contributed by atoms with E-state index >= 15 is 0 Å². The zero-order chi connectivity index (χ0) is 15.5. The molecule has 0 heterocycles. The number of carbonyl (C=O) groups is 1. The van der Waals surface area contributed by atoms with Crippen molar-refractivity contribution >= 4 is 21.7 Å². The molecule has 0 aromatic heterocycles. The summed E-state index contributed by atoms with van der Waals surface area (Å²) in [5.41, 5.74) is -0.332. The van der Waals surface area contributed by atoms with Crippen molar-refractivity contribution in [2.24, 2.45) is 0 Å². The maximum atomic E-state index is 12.1. The van der Waals surface area contributed by atoms with Crippen molar-refractivity contribution in [3.8, 4) is 5.75 Å². The maximum absolute atomic E-state index is 12.1. The van der Waals surface area contributed by atoms with Crippen molar-refractivity contribution in [3.05, 3.63) is 28.3 Å². The van der Waals surface area contributed by atoms with Crippen LogP contribution in [0.3, 0.4) is 0 Å². The molecule has 1 aromatic carbocycles. The van der Waals surface area contributed by atoms with E-state index in [0.717, 1.165) is 32.4 Å². The molecule has 110 valence electrons. The summed E-state index contributed by atoms with van der Waals surface area (Å²) in [5, 5.41) is 19.2. The van der Waals surface area contributed by atoms with Crippen molar-refractivity contribution in [2.45, 2.75) is 4.90 Å². The summed E-state index contributed by atoms with van der Waals surface area (Å²) in [6, 6.07) is 2.97. The number of hydrogen-bond acceptors (Lipinski definition) is 6. The predicted molar refractivity (Wildman–Crippen MR) is 67.1 cm³/mol. The highest BCUT2D eigenvalue weighted by atomic mass is 32.2. The Labute approximate surface area is 114 Å². The predicted octanol–water partition coefficient (Wildman–Crippen LogP) is 0.309. The van der Waals surface area contributed by atoms with E-state index in [0.29, 0.717) is 4.31 Å². The molecule has 0 aliphatic carbocycles. The van der Waals surface area contributed by atoms with Gasteiger partial charge in [0.15, 0.2) is 0 Å². The lowest BCUT2D eigenvalue weighted by molar-refractivity contribution is -0.385. The molecule has 9 nitrogen and oxygen atoms in total. The van der Waals surface area contributed by atoms with Crippen LogP contribution in [0.1, 0.15) is 0 Å². The molecular weight excluding hydrogens is 292 g/mol. The van der Waals surface area contributed by atoms with E-state index in [9.17, 15) is 23.3 Å². The summed E-state index contributed by atoms with van der Waals surface area (Å²) in [7, 11) is -1.86. The SMILES string of the molecule is COc1cc([N+](=O)[O-])ccc1S(=O)(=O)N(C)CC(=O)O. The number of non-ortho nitro benzene ring substituents is 1. The van der Waals surface area contributed by atoms with Crippen LogP contribution in [0, 0.1) is 10.1 Å².